The van der Waals surface area contributed by atoms with Gasteiger partial charge in [-0.25, -0.2) is 9.37 Å². The van der Waals surface area contributed by atoms with Crippen molar-refractivity contribution >= 4 is 23.2 Å². The van der Waals surface area contributed by atoms with Crippen LogP contribution in [0.5, 0.6) is 0 Å². The van der Waals surface area contributed by atoms with Gasteiger partial charge in [0.05, 0.1) is 5.02 Å². The molecule has 136 valence electrons. The number of aryl methyl sites for hydroxylation is 1. The number of nitrogens with zero attached hydrogens (tertiary/aromatic N) is 5. The van der Waals surface area contributed by atoms with Crippen molar-refractivity contribution in [2.45, 2.75) is 25.6 Å². The number of fused-ring (bicyclic) bond motifs is 3. The molecular weight excluding hydrogens is 374 g/mol. The van der Waals surface area contributed by atoms with Crippen molar-refractivity contribution in [3.05, 3.63) is 52.2 Å². The first-order valence-electron chi connectivity index (χ1n) is 7.75. The van der Waals surface area contributed by atoms with Crippen LogP contribution in [0.3, 0.4) is 0 Å². The van der Waals surface area contributed by atoms with Gasteiger partial charge in [0.15, 0.2) is 6.04 Å². The molecule has 1 unspecified atom stereocenters. The Morgan fingerprint density at radius 2 is 2.04 bits per heavy atom. The lowest BCUT2D eigenvalue weighted by Crippen LogP contribution is -2.38. The van der Waals surface area contributed by atoms with Gasteiger partial charge in [0.2, 0.25) is 0 Å². The van der Waals surface area contributed by atoms with E-state index in [0.29, 0.717) is 17.7 Å². The van der Waals surface area contributed by atoms with E-state index in [9.17, 15) is 17.6 Å². The fraction of sp³-hybridized carbons (Fsp3) is 0.312. The van der Waals surface area contributed by atoms with Crippen LogP contribution in [0.25, 0.3) is 5.78 Å². The fourth-order valence-corrected chi connectivity index (χ4v) is 3.49. The summed E-state index contributed by atoms with van der Waals surface area (Å²) in [5.74, 6) is -0.395. The molecule has 0 radical (unpaired) electrons. The molecule has 0 fully saturated rings. The Morgan fingerprint density at radius 3 is 2.73 bits per heavy atom. The maximum atomic E-state index is 14.0. The molecule has 1 atom stereocenters. The number of aromatic nitrogens is 4. The minimum absolute atomic E-state index is 0.102. The Kier molecular flexibility index (Phi) is 3.80. The van der Waals surface area contributed by atoms with Crippen LogP contribution in [0.1, 0.15) is 22.9 Å². The zero-order valence-electron chi connectivity index (χ0n) is 13.4. The van der Waals surface area contributed by atoms with E-state index in [1.165, 1.54) is 21.8 Å². The van der Waals surface area contributed by atoms with E-state index in [-0.39, 0.29) is 28.7 Å². The topological polar surface area (TPSA) is 46.3 Å². The molecule has 1 aromatic carbocycles. The first-order valence-corrected chi connectivity index (χ1v) is 8.12. The summed E-state index contributed by atoms with van der Waals surface area (Å²) < 4.78 is 57.0. The average molecular weight is 386 g/mol. The van der Waals surface area contributed by atoms with Crippen molar-refractivity contribution in [2.24, 2.45) is 0 Å². The van der Waals surface area contributed by atoms with Crippen LogP contribution in [0, 0.1) is 12.7 Å². The zero-order chi connectivity index (χ0) is 18.6. The second-order valence-corrected chi connectivity index (χ2v) is 6.44. The maximum Gasteiger partial charge on any atom is 0.413 e. The molecule has 0 aliphatic carbocycles. The summed E-state index contributed by atoms with van der Waals surface area (Å²) >= 11 is 5.62. The van der Waals surface area contributed by atoms with Gasteiger partial charge in [-0.3, -0.25) is 0 Å². The van der Waals surface area contributed by atoms with Crippen molar-refractivity contribution in [1.82, 2.24) is 19.6 Å². The van der Waals surface area contributed by atoms with E-state index in [0.717, 1.165) is 12.1 Å². The summed E-state index contributed by atoms with van der Waals surface area (Å²) in [5.41, 5.74) is 1.05. The Balaban J connectivity index is 1.91. The smallest absolute Gasteiger partial charge is 0.340 e. The predicted molar refractivity (Wildman–Crippen MR) is 86.8 cm³/mol. The highest BCUT2D eigenvalue weighted by Gasteiger charge is 2.48. The highest BCUT2D eigenvalue weighted by Crippen LogP contribution is 2.44. The number of hydrogen-bond acceptors (Lipinski definition) is 4. The van der Waals surface area contributed by atoms with Crippen molar-refractivity contribution in [3.8, 4) is 0 Å². The van der Waals surface area contributed by atoms with Gasteiger partial charge in [-0.2, -0.15) is 27.8 Å². The Labute approximate surface area is 150 Å². The maximum absolute atomic E-state index is 14.0. The lowest BCUT2D eigenvalue weighted by atomic mass is 10.0. The summed E-state index contributed by atoms with van der Waals surface area (Å²) in [4.78, 5) is 9.41. The molecule has 5 nitrogen and oxygen atoms in total. The van der Waals surface area contributed by atoms with E-state index in [1.54, 1.807) is 6.92 Å². The highest BCUT2D eigenvalue weighted by atomic mass is 35.5. The highest BCUT2D eigenvalue weighted by molar-refractivity contribution is 6.30. The molecule has 0 amide bonds. The number of alkyl halides is 3. The van der Waals surface area contributed by atoms with Gasteiger partial charge in [0.1, 0.15) is 18.0 Å². The number of anilines is 1. The van der Waals surface area contributed by atoms with Crippen LogP contribution >= 0.6 is 11.6 Å². The molecule has 1 aliphatic heterocycles. The van der Waals surface area contributed by atoms with Crippen LogP contribution in [-0.4, -0.2) is 32.3 Å². The summed E-state index contributed by atoms with van der Waals surface area (Å²) in [7, 11) is 0. The molecule has 0 saturated heterocycles. The quantitative estimate of drug-likeness (QED) is 0.628. The van der Waals surface area contributed by atoms with Crippen molar-refractivity contribution in [2.75, 3.05) is 11.4 Å². The molecule has 4 rings (SSSR count). The van der Waals surface area contributed by atoms with Gasteiger partial charge < -0.3 is 4.90 Å². The number of halogens is 5. The average Bonchev–Trinajstić information content (AvgIpc) is 3.16. The third kappa shape index (κ3) is 2.57. The second kappa shape index (κ2) is 5.80. The first-order chi connectivity index (χ1) is 12.3. The van der Waals surface area contributed by atoms with Gasteiger partial charge >= 0.3 is 6.18 Å². The van der Waals surface area contributed by atoms with Crippen molar-refractivity contribution in [3.63, 3.8) is 0 Å². The van der Waals surface area contributed by atoms with E-state index in [2.05, 4.69) is 15.1 Å². The standard InChI is InChI=1S/C16H12ClF4N5/c1-8-10-4-5-25(14(10)26-15(24-8)22-7-23-26)13(16(19,20)21)9-2-3-11(17)12(18)6-9/h2-3,6-7,13H,4-5H2,1H3. The normalized spacial score (nSPS) is 15.5. The van der Waals surface area contributed by atoms with Crippen LogP contribution in [0.15, 0.2) is 24.5 Å². The molecular formula is C16H12ClF4N5. The van der Waals surface area contributed by atoms with Crippen LogP contribution in [-0.2, 0) is 6.42 Å². The summed E-state index contributed by atoms with van der Waals surface area (Å²) in [5, 5.41) is 3.78. The zero-order valence-corrected chi connectivity index (χ0v) is 14.2. The largest absolute Gasteiger partial charge is 0.413 e. The number of benzene rings is 1. The summed E-state index contributed by atoms with van der Waals surface area (Å²) in [6.45, 7) is 1.83. The molecule has 26 heavy (non-hydrogen) atoms. The molecule has 0 bridgehead atoms. The monoisotopic (exact) mass is 385 g/mol. The lowest BCUT2D eigenvalue weighted by molar-refractivity contribution is -0.150. The van der Waals surface area contributed by atoms with Gasteiger partial charge in [-0.05, 0) is 31.0 Å². The van der Waals surface area contributed by atoms with Crippen LogP contribution in [0.4, 0.5) is 23.4 Å². The SMILES string of the molecule is Cc1nc2ncnn2c2c1CCN2C(c1ccc(Cl)c(F)c1)C(F)(F)F. The second-order valence-electron chi connectivity index (χ2n) is 6.03. The van der Waals surface area contributed by atoms with E-state index in [4.69, 9.17) is 11.6 Å². The molecule has 0 saturated carbocycles. The minimum atomic E-state index is -4.63. The summed E-state index contributed by atoms with van der Waals surface area (Å²) in [6, 6.07) is 1.11. The first kappa shape index (κ1) is 17.0. The van der Waals surface area contributed by atoms with Crippen molar-refractivity contribution < 1.29 is 17.6 Å². The Morgan fingerprint density at radius 1 is 1.27 bits per heavy atom. The molecule has 3 heterocycles. The molecule has 10 heteroatoms. The molecule has 0 N–H and O–H groups in total. The van der Waals surface area contributed by atoms with E-state index >= 15 is 0 Å². The summed E-state index contributed by atoms with van der Waals surface area (Å²) in [6.07, 6.45) is -3.01. The number of rotatable bonds is 2. The molecule has 0 spiro atoms. The Hall–Kier alpha value is -2.42. The minimum Gasteiger partial charge on any atom is -0.340 e. The van der Waals surface area contributed by atoms with Gasteiger partial charge in [0, 0.05) is 17.8 Å². The van der Waals surface area contributed by atoms with E-state index in [1.807, 2.05) is 0 Å². The lowest BCUT2D eigenvalue weighted by Gasteiger charge is -2.32. The Bertz CT molecular complexity index is 1000. The molecule has 3 aromatic rings. The van der Waals surface area contributed by atoms with Gasteiger partial charge in [0.25, 0.3) is 5.78 Å². The van der Waals surface area contributed by atoms with Crippen LogP contribution < -0.4 is 4.90 Å². The van der Waals surface area contributed by atoms with E-state index < -0.39 is 18.0 Å². The fourth-order valence-electron chi connectivity index (χ4n) is 3.37. The predicted octanol–water partition coefficient (Wildman–Crippen LogP) is 3.89. The third-order valence-electron chi connectivity index (χ3n) is 4.46. The van der Waals surface area contributed by atoms with Gasteiger partial charge in [-0.1, -0.05) is 17.7 Å². The van der Waals surface area contributed by atoms with Crippen molar-refractivity contribution in [1.29, 1.82) is 0 Å². The number of hydrogen-bond donors (Lipinski definition) is 0. The molecule has 2 aromatic heterocycles. The van der Waals surface area contributed by atoms with Gasteiger partial charge in [-0.15, -0.1) is 0 Å². The third-order valence-corrected chi connectivity index (χ3v) is 4.77. The molecule has 1 aliphatic rings. The van der Waals surface area contributed by atoms with Crippen LogP contribution in [0.2, 0.25) is 5.02 Å².